The fourth-order valence-corrected chi connectivity index (χ4v) is 0.483. The van der Waals surface area contributed by atoms with Crippen molar-refractivity contribution in [2.75, 3.05) is 13.2 Å². The topological polar surface area (TPSA) is 88.0 Å². The summed E-state index contributed by atoms with van der Waals surface area (Å²) in [4.78, 5) is 20.9. The zero-order valence-electron chi connectivity index (χ0n) is 7.53. The van der Waals surface area contributed by atoms with Crippen molar-refractivity contribution < 1.29 is 19.4 Å². The van der Waals surface area contributed by atoms with E-state index in [0.29, 0.717) is 6.61 Å². The normalized spacial score (nSPS) is 10.8. The Labute approximate surface area is 75.6 Å². The quantitative estimate of drug-likeness (QED) is 0.348. The highest BCUT2D eigenvalue weighted by atomic mass is 16.5. The summed E-state index contributed by atoms with van der Waals surface area (Å²) in [5, 5.41) is 11.8. The molecule has 0 spiro atoms. The molecule has 0 radical (unpaired) electrons. The van der Waals surface area contributed by atoms with E-state index in [1.165, 1.54) is 6.92 Å². The number of aliphatic carboxylic acids is 1. The molecule has 6 heteroatoms. The predicted molar refractivity (Wildman–Crippen MR) is 45.4 cm³/mol. The molecule has 0 atom stereocenters. The summed E-state index contributed by atoms with van der Waals surface area (Å²) in [5.74, 6) is -1.60. The van der Waals surface area contributed by atoms with E-state index in [1.807, 2.05) is 0 Å². The fraction of sp³-hybridized carbons (Fsp3) is 0.571. The highest BCUT2D eigenvalue weighted by Crippen LogP contribution is 1.77. The average Bonchev–Trinajstić information content (AvgIpc) is 2.04. The third-order valence-corrected chi connectivity index (χ3v) is 1.08. The van der Waals surface area contributed by atoms with Crippen LogP contribution in [-0.4, -0.2) is 35.9 Å². The van der Waals surface area contributed by atoms with Crippen LogP contribution in [0.25, 0.3) is 0 Å². The summed E-state index contributed by atoms with van der Waals surface area (Å²) in [5.41, 5.74) is 2.18. The van der Waals surface area contributed by atoms with E-state index in [-0.39, 0.29) is 12.3 Å². The van der Waals surface area contributed by atoms with Crippen LogP contribution in [0.1, 0.15) is 13.8 Å². The predicted octanol–water partition coefficient (Wildman–Crippen LogP) is -0.400. The maximum Gasteiger partial charge on any atom is 0.351 e. The third-order valence-electron chi connectivity index (χ3n) is 1.08. The van der Waals surface area contributed by atoms with Gasteiger partial charge in [0.1, 0.15) is 12.3 Å². The van der Waals surface area contributed by atoms with Gasteiger partial charge in [0.25, 0.3) is 0 Å². The number of ether oxygens (including phenoxy) is 1. The van der Waals surface area contributed by atoms with Crippen LogP contribution in [0.2, 0.25) is 0 Å². The number of esters is 1. The first-order valence-corrected chi connectivity index (χ1v) is 3.74. The molecule has 0 bridgehead atoms. The van der Waals surface area contributed by atoms with Gasteiger partial charge >= 0.3 is 11.9 Å². The summed E-state index contributed by atoms with van der Waals surface area (Å²) < 4.78 is 4.57. The van der Waals surface area contributed by atoms with E-state index in [0.717, 1.165) is 0 Å². The highest BCUT2D eigenvalue weighted by molar-refractivity contribution is 6.34. The Morgan fingerprint density at radius 3 is 2.62 bits per heavy atom. The number of nitrogens with zero attached hydrogens (tertiary/aromatic N) is 1. The van der Waals surface area contributed by atoms with Gasteiger partial charge in [0.05, 0.1) is 6.61 Å². The van der Waals surface area contributed by atoms with Gasteiger partial charge in [-0.05, 0) is 13.8 Å². The molecule has 6 nitrogen and oxygen atoms in total. The lowest BCUT2D eigenvalue weighted by Crippen LogP contribution is -2.23. The van der Waals surface area contributed by atoms with E-state index in [9.17, 15) is 9.59 Å². The molecule has 0 aliphatic rings. The lowest BCUT2D eigenvalue weighted by atomic mass is 10.4. The van der Waals surface area contributed by atoms with Crippen LogP contribution in [0, 0.1) is 0 Å². The molecular formula is C7H12N2O4. The average molecular weight is 188 g/mol. The molecular weight excluding hydrogens is 176 g/mol. The van der Waals surface area contributed by atoms with Crippen molar-refractivity contribution in [1.82, 2.24) is 5.43 Å². The van der Waals surface area contributed by atoms with Crippen LogP contribution in [0.5, 0.6) is 0 Å². The molecule has 0 saturated heterocycles. The van der Waals surface area contributed by atoms with Crippen molar-refractivity contribution in [3.8, 4) is 0 Å². The minimum absolute atomic E-state index is 0.107. The van der Waals surface area contributed by atoms with Crippen molar-refractivity contribution in [2.45, 2.75) is 13.8 Å². The molecule has 0 aromatic heterocycles. The standard InChI is InChI=1S/C7H12N2O4/c1-3-13-6(10)4-8-9-5(2)7(11)12/h8H,3-4H2,1-2H3,(H,11,12)/b9-5+. The Balaban J connectivity index is 3.72. The summed E-state index contributed by atoms with van der Waals surface area (Å²) >= 11 is 0. The number of hydrogen-bond acceptors (Lipinski definition) is 5. The van der Waals surface area contributed by atoms with Crippen LogP contribution in [0.4, 0.5) is 0 Å². The van der Waals surface area contributed by atoms with Crippen LogP contribution < -0.4 is 5.43 Å². The molecule has 74 valence electrons. The van der Waals surface area contributed by atoms with Gasteiger partial charge in [-0.15, -0.1) is 0 Å². The molecule has 0 heterocycles. The first-order valence-electron chi connectivity index (χ1n) is 3.74. The monoisotopic (exact) mass is 188 g/mol. The molecule has 2 N–H and O–H groups in total. The van der Waals surface area contributed by atoms with Gasteiger partial charge in [0.15, 0.2) is 0 Å². The second kappa shape index (κ2) is 5.99. The lowest BCUT2D eigenvalue weighted by Gasteiger charge is -2.00. The van der Waals surface area contributed by atoms with Gasteiger partial charge in [0.2, 0.25) is 0 Å². The molecule has 0 saturated carbocycles. The zero-order valence-corrected chi connectivity index (χ0v) is 7.53. The summed E-state index contributed by atoms with van der Waals surface area (Å²) in [6.45, 7) is 3.17. The molecule has 0 rings (SSSR count). The second-order valence-corrected chi connectivity index (χ2v) is 2.14. The van der Waals surface area contributed by atoms with Crippen LogP contribution >= 0.6 is 0 Å². The Morgan fingerprint density at radius 1 is 1.54 bits per heavy atom. The fourth-order valence-electron chi connectivity index (χ4n) is 0.483. The van der Waals surface area contributed by atoms with E-state index in [1.54, 1.807) is 6.92 Å². The molecule has 13 heavy (non-hydrogen) atoms. The van der Waals surface area contributed by atoms with Gasteiger partial charge < -0.3 is 9.84 Å². The summed E-state index contributed by atoms with van der Waals surface area (Å²) in [6, 6.07) is 0. The smallest absolute Gasteiger partial charge is 0.351 e. The molecule has 0 aliphatic carbocycles. The number of hydrogen-bond donors (Lipinski definition) is 2. The number of carboxylic acids is 1. The maximum atomic E-state index is 10.7. The Bertz CT molecular complexity index is 225. The number of carbonyl (C=O) groups is 2. The van der Waals surface area contributed by atoms with E-state index in [4.69, 9.17) is 5.11 Å². The van der Waals surface area contributed by atoms with Crippen LogP contribution in [0.3, 0.4) is 0 Å². The molecule has 0 aliphatic heterocycles. The number of carbonyl (C=O) groups excluding carboxylic acids is 1. The Kier molecular flexibility index (Phi) is 5.25. The van der Waals surface area contributed by atoms with Crippen molar-refractivity contribution in [3.05, 3.63) is 0 Å². The summed E-state index contributed by atoms with van der Waals surface area (Å²) in [6.07, 6.45) is 0. The Hall–Kier alpha value is -1.59. The van der Waals surface area contributed by atoms with E-state index >= 15 is 0 Å². The van der Waals surface area contributed by atoms with E-state index < -0.39 is 11.9 Å². The minimum atomic E-state index is -1.13. The number of hydrazone groups is 1. The minimum Gasteiger partial charge on any atom is -0.477 e. The number of carboxylic acid groups (broad SMARTS) is 1. The van der Waals surface area contributed by atoms with Gasteiger partial charge in [0, 0.05) is 0 Å². The second-order valence-electron chi connectivity index (χ2n) is 2.14. The maximum absolute atomic E-state index is 10.7. The van der Waals surface area contributed by atoms with Crippen molar-refractivity contribution >= 4 is 17.7 Å². The SMILES string of the molecule is CCOC(=O)CN/N=C(\C)C(=O)O. The number of rotatable bonds is 5. The van der Waals surface area contributed by atoms with Gasteiger partial charge in [-0.3, -0.25) is 10.2 Å². The third kappa shape index (κ3) is 5.66. The molecule has 0 unspecified atom stereocenters. The molecule has 0 aromatic rings. The highest BCUT2D eigenvalue weighted by Gasteiger charge is 2.02. The van der Waals surface area contributed by atoms with Crippen molar-refractivity contribution in [2.24, 2.45) is 5.10 Å². The van der Waals surface area contributed by atoms with Crippen molar-refractivity contribution in [3.63, 3.8) is 0 Å². The van der Waals surface area contributed by atoms with Crippen molar-refractivity contribution in [1.29, 1.82) is 0 Å². The van der Waals surface area contributed by atoms with Crippen LogP contribution in [-0.2, 0) is 14.3 Å². The molecule has 0 aromatic carbocycles. The van der Waals surface area contributed by atoms with Crippen LogP contribution in [0.15, 0.2) is 5.10 Å². The molecule has 0 fully saturated rings. The first kappa shape index (κ1) is 11.4. The molecule has 0 amide bonds. The number of nitrogens with one attached hydrogen (secondary N) is 1. The van der Waals surface area contributed by atoms with Gasteiger partial charge in [-0.2, -0.15) is 5.10 Å². The zero-order chi connectivity index (χ0) is 10.3. The largest absolute Gasteiger partial charge is 0.477 e. The lowest BCUT2D eigenvalue weighted by molar-refractivity contribution is -0.142. The first-order chi connectivity index (χ1) is 6.07. The summed E-state index contributed by atoms with van der Waals surface area (Å²) in [7, 11) is 0. The van der Waals surface area contributed by atoms with E-state index in [2.05, 4.69) is 15.3 Å². The van der Waals surface area contributed by atoms with Gasteiger partial charge in [-0.1, -0.05) is 0 Å². The van der Waals surface area contributed by atoms with Gasteiger partial charge in [-0.25, -0.2) is 4.79 Å². The Morgan fingerprint density at radius 2 is 2.15 bits per heavy atom.